The number of hydrogen-bond donors (Lipinski definition) is 13. The van der Waals surface area contributed by atoms with Crippen LogP contribution in [0.3, 0.4) is 0 Å². The van der Waals surface area contributed by atoms with Gasteiger partial charge in [-0.15, -0.1) is 0 Å². The molecule has 2 aromatic carbocycles. The minimum atomic E-state index is -1.06. The smallest absolute Gasteiger partial charge is 0.407 e. The minimum Gasteiger partial charge on any atom is -0.492 e. The van der Waals surface area contributed by atoms with E-state index >= 15 is 0 Å². The first-order valence-corrected chi connectivity index (χ1v) is 47.9. The first-order valence-electron chi connectivity index (χ1n) is 47.9. The van der Waals surface area contributed by atoms with Crippen LogP contribution in [0, 0.1) is 41.4 Å². The van der Waals surface area contributed by atoms with E-state index in [9.17, 15) is 62.3 Å². The molecule has 6 rings (SSSR count). The van der Waals surface area contributed by atoms with Gasteiger partial charge in [-0.25, -0.2) is 4.79 Å². The molecule has 36 nitrogen and oxygen atoms in total. The van der Waals surface area contributed by atoms with Crippen LogP contribution in [0.15, 0.2) is 48.5 Å². The highest BCUT2D eigenvalue weighted by molar-refractivity contribution is 6.00. The molecule has 0 bridgehead atoms. The van der Waals surface area contributed by atoms with Crippen LogP contribution in [-0.4, -0.2) is 242 Å². The summed E-state index contributed by atoms with van der Waals surface area (Å²) in [6.07, 6.45) is 5.81. The molecule has 4 aliphatic heterocycles. The molecule has 0 radical (unpaired) electrons. The molecule has 0 aromatic heterocycles. The van der Waals surface area contributed by atoms with E-state index in [4.69, 9.17) is 47.4 Å². The Morgan fingerprint density at radius 3 is 1.18 bits per heavy atom. The molecular weight excluding hydrogens is 1690 g/mol. The first kappa shape index (κ1) is 111. The van der Waals surface area contributed by atoms with Crippen LogP contribution in [0.1, 0.15) is 265 Å². The van der Waals surface area contributed by atoms with Crippen LogP contribution in [0.4, 0.5) is 4.79 Å². The number of carbonyl (C=O) groups excluding carboxylic acids is 13. The normalized spacial score (nSPS) is 25.1. The fourth-order valence-electron chi connectivity index (χ4n) is 16.9. The van der Waals surface area contributed by atoms with Gasteiger partial charge in [0.05, 0.1) is 68.2 Å². The summed E-state index contributed by atoms with van der Waals surface area (Å²) in [6, 6.07) is 9.71. The number of unbranched alkanes of at least 4 members (excludes halogenated alkanes) is 5. The summed E-state index contributed by atoms with van der Waals surface area (Å²) in [5.41, 5.74) is 0.730. The van der Waals surface area contributed by atoms with Crippen molar-refractivity contribution in [2.45, 2.75) is 331 Å². The summed E-state index contributed by atoms with van der Waals surface area (Å²) < 4.78 is 61.0. The van der Waals surface area contributed by atoms with Gasteiger partial charge in [-0.3, -0.25) is 57.5 Å². The quantitative estimate of drug-likeness (QED) is 0.0283. The number of amides is 13. The average molecular weight is 1850 g/mol. The zero-order chi connectivity index (χ0) is 95.9. The highest BCUT2D eigenvalue weighted by atomic mass is 16.7. The van der Waals surface area contributed by atoms with Crippen LogP contribution < -0.4 is 73.9 Å². The molecule has 2 aromatic rings. The van der Waals surface area contributed by atoms with Gasteiger partial charge < -0.3 is 116 Å². The van der Waals surface area contributed by atoms with Crippen molar-refractivity contribution in [2.75, 3.05) is 78.8 Å². The lowest BCUT2D eigenvalue weighted by Crippen LogP contribution is -2.57. The topological polar surface area (TPSA) is 471 Å². The average Bonchev–Trinajstić information content (AvgIpc) is 0.809. The Labute approximate surface area is 774 Å². The Balaban J connectivity index is 1.06. The largest absolute Gasteiger partial charge is 0.492 e. The molecule has 738 valence electrons. The zero-order valence-electron chi connectivity index (χ0n) is 80.2. The maximum atomic E-state index is 14.2. The van der Waals surface area contributed by atoms with Crippen LogP contribution in [0.25, 0.3) is 0 Å². The Morgan fingerprint density at radius 1 is 0.374 bits per heavy atom. The molecule has 4 saturated heterocycles. The molecule has 4 heterocycles. The molecule has 13 amide bonds. The Kier molecular flexibility index (Phi) is 50.8. The molecule has 0 aliphatic carbocycles. The number of benzene rings is 2. The van der Waals surface area contributed by atoms with Crippen molar-refractivity contribution in [1.29, 1.82) is 0 Å². The highest BCUT2D eigenvalue weighted by Crippen LogP contribution is 2.37. The van der Waals surface area contributed by atoms with E-state index in [-0.39, 0.29) is 240 Å². The van der Waals surface area contributed by atoms with Gasteiger partial charge in [0.2, 0.25) is 59.1 Å². The second kappa shape index (κ2) is 60.2. The predicted molar refractivity (Wildman–Crippen MR) is 490 cm³/mol. The third kappa shape index (κ3) is 39.9. The van der Waals surface area contributed by atoms with E-state index in [0.29, 0.717) is 96.9 Å². The summed E-state index contributed by atoms with van der Waals surface area (Å²) in [6.45, 7) is 29.4. The summed E-state index contributed by atoms with van der Waals surface area (Å²) >= 11 is 0. The van der Waals surface area contributed by atoms with E-state index in [1.54, 1.807) is 0 Å². The molecule has 13 N–H and O–H groups in total. The van der Waals surface area contributed by atoms with Crippen molar-refractivity contribution in [2.24, 2.45) is 41.4 Å². The van der Waals surface area contributed by atoms with Gasteiger partial charge in [0.1, 0.15) is 31.0 Å². The maximum Gasteiger partial charge on any atom is 0.407 e. The maximum absolute atomic E-state index is 14.2. The van der Waals surface area contributed by atoms with E-state index in [0.717, 1.165) is 31.2 Å². The fourth-order valence-corrected chi connectivity index (χ4v) is 16.9. The minimum absolute atomic E-state index is 0.0139. The van der Waals surface area contributed by atoms with Crippen LogP contribution >= 0.6 is 0 Å². The van der Waals surface area contributed by atoms with Crippen LogP contribution in [-0.2, 0) is 97.2 Å². The second-order valence-electron chi connectivity index (χ2n) is 35.4. The van der Waals surface area contributed by atoms with Gasteiger partial charge in [0.15, 0.2) is 25.2 Å². The second-order valence-corrected chi connectivity index (χ2v) is 35.4. The Hall–Kier alpha value is -9.17. The molecular formula is C95H155N13O23. The SMILES string of the molecule is CCC1CC(C)C(NC(C)=O)C(OCCC(=O)N[C@@H](CCCCNC(=O)CCCCOC2OC(CC)C(C)C(C)C2NC(C)=O)C(=O)NCCNC(=O)c2cc(OCCNC(=O)OCc3ccccc3)cc(C(=O)NCCNC(=O)C(CCCCNC(=O)CCCCOC3OC(CC)C(C)C(C)C3NC(C)=O)NC(=O)CCCCOC3OC(CC)C(C)C(C)C3NC(C)=O)c2)O1. The van der Waals surface area contributed by atoms with E-state index in [1.165, 1.54) is 45.9 Å². The van der Waals surface area contributed by atoms with Crippen molar-refractivity contribution >= 4 is 77.0 Å². The molecule has 4 fully saturated rings. The first-order chi connectivity index (χ1) is 62.7. The molecule has 21 atom stereocenters. The van der Waals surface area contributed by atoms with Crippen molar-refractivity contribution in [3.05, 3.63) is 65.2 Å². The van der Waals surface area contributed by atoms with Crippen molar-refractivity contribution in [3.63, 3.8) is 0 Å². The third-order valence-corrected chi connectivity index (χ3v) is 25.1. The van der Waals surface area contributed by atoms with Gasteiger partial charge in [-0.05, 0) is 174 Å². The molecule has 0 saturated carbocycles. The third-order valence-electron chi connectivity index (χ3n) is 25.1. The zero-order valence-corrected chi connectivity index (χ0v) is 80.2. The Bertz CT molecular complexity index is 3870. The van der Waals surface area contributed by atoms with Crippen LogP contribution in [0.5, 0.6) is 5.75 Å². The van der Waals surface area contributed by atoms with E-state index in [1.807, 2.05) is 51.1 Å². The monoisotopic (exact) mass is 1850 g/mol. The fraction of sp³-hybridized carbons (Fsp3) is 0.737. The van der Waals surface area contributed by atoms with E-state index in [2.05, 4.69) is 125 Å². The van der Waals surface area contributed by atoms with Gasteiger partial charge in [0.25, 0.3) is 11.8 Å². The number of alkyl carbamates (subject to hydrolysis) is 1. The highest BCUT2D eigenvalue weighted by Gasteiger charge is 2.45. The van der Waals surface area contributed by atoms with Gasteiger partial charge in [-0.2, -0.15) is 0 Å². The molecule has 0 spiro atoms. The summed E-state index contributed by atoms with van der Waals surface area (Å²) in [4.78, 5) is 171. The van der Waals surface area contributed by atoms with Crippen molar-refractivity contribution in [1.82, 2.24) is 69.1 Å². The lowest BCUT2D eigenvalue weighted by Gasteiger charge is -2.44. The number of ether oxygens (including phenoxy) is 10. The standard InChI is InChI=1S/C95H155N13O23/c1-16-72-53-58(5)83(103-65(12)109)91(128-72)126-51-40-82(116)108-75(36-24-29-42-97-80(114)38-26-31-49-124-93-85(105-67(14)111)63(10)60(7)77(18-3)130-93)90(120)101-46-44-99-88(118)71-54-70(55-73(56-71)122-52-47-102-95(121)127-57-69-33-21-20-22-34-69)87(117)98-43-45-100-89(119)74(107-81(115)39-27-32-50-125-94-86(106-68(15)112)64(11)61(8)78(19-4)131-94)35-23-28-41-96-79(113)37-25-30-48-123-92-84(104-66(13)110)62(9)59(6)76(17-2)129-92/h20-22,33-34,54-56,58-64,72,74-78,83-86,91-94H,16-19,23-32,35-53,57H2,1-15H3,(H,96,113)(H,97,114)(H,98,117)(H,99,118)(H,100,119)(H,101,120)(H,102,121)(H,103,109)(H,104,110)(H,105,111)(H,106,112)(H,107,115)(H,108,116)/t58?,59?,60?,61?,62?,63?,64?,72?,74?,75-,76?,77?,78?,83?,84?,85?,86?,91?,92?,93?,94?/m0/s1. The summed E-state index contributed by atoms with van der Waals surface area (Å²) in [5, 5.41) is 37.3. The molecule has 4 aliphatic rings. The summed E-state index contributed by atoms with van der Waals surface area (Å²) in [7, 11) is 0. The summed E-state index contributed by atoms with van der Waals surface area (Å²) in [5.74, 6) is -3.36. The number of nitrogens with one attached hydrogen (secondary N) is 13. The lowest BCUT2D eigenvalue weighted by atomic mass is 9.81. The van der Waals surface area contributed by atoms with Crippen LogP contribution in [0.2, 0.25) is 0 Å². The number of carbonyl (C=O) groups is 13. The van der Waals surface area contributed by atoms with Gasteiger partial charge in [-0.1, -0.05) is 106 Å². The lowest BCUT2D eigenvalue weighted by molar-refractivity contribution is -0.236. The molecule has 131 heavy (non-hydrogen) atoms. The number of rotatable bonds is 58. The predicted octanol–water partition coefficient (Wildman–Crippen LogP) is 7.59. The molecule has 36 heteroatoms. The van der Waals surface area contributed by atoms with Crippen molar-refractivity contribution < 1.29 is 110 Å². The molecule has 20 unspecified atom stereocenters. The Morgan fingerprint density at radius 2 is 0.763 bits per heavy atom. The van der Waals surface area contributed by atoms with Gasteiger partial charge >= 0.3 is 6.09 Å². The number of hydrogen-bond acceptors (Lipinski definition) is 23. The van der Waals surface area contributed by atoms with E-state index < -0.39 is 78.9 Å². The van der Waals surface area contributed by atoms with Gasteiger partial charge in [0, 0.05) is 117 Å². The van der Waals surface area contributed by atoms with Crippen molar-refractivity contribution in [3.8, 4) is 5.75 Å².